The summed E-state index contributed by atoms with van der Waals surface area (Å²) in [6, 6.07) is 9.60. The molecule has 0 N–H and O–H groups in total. The van der Waals surface area contributed by atoms with E-state index in [9.17, 15) is 4.79 Å². The molecular weight excluding hydrogens is 204 g/mol. The Labute approximate surface area is 94.7 Å². The van der Waals surface area contributed by atoms with Crippen LogP contribution in [0.2, 0.25) is 0 Å². The maximum absolute atomic E-state index is 11.5. The van der Waals surface area contributed by atoms with Gasteiger partial charge >= 0.3 is 5.97 Å². The average Bonchev–Trinajstić information content (AvgIpc) is 2.69. The van der Waals surface area contributed by atoms with Gasteiger partial charge in [0.15, 0.2) is 0 Å². The minimum atomic E-state index is -0.268. The molecule has 1 aromatic rings. The van der Waals surface area contributed by atoms with Crippen molar-refractivity contribution in [3.8, 4) is 0 Å². The van der Waals surface area contributed by atoms with Crippen molar-refractivity contribution in [1.29, 1.82) is 0 Å². The summed E-state index contributed by atoms with van der Waals surface area (Å²) >= 11 is 0. The second kappa shape index (κ2) is 4.94. The van der Waals surface area contributed by atoms with E-state index in [1.54, 1.807) is 0 Å². The summed E-state index contributed by atoms with van der Waals surface area (Å²) in [4.78, 5) is 11.5. The highest BCUT2D eigenvalue weighted by Crippen LogP contribution is 2.26. The van der Waals surface area contributed by atoms with Gasteiger partial charge in [0, 0.05) is 12.2 Å². The fourth-order valence-electron chi connectivity index (χ4n) is 1.59. The molecule has 3 heteroatoms. The third-order valence-electron chi connectivity index (χ3n) is 2.43. The van der Waals surface area contributed by atoms with Crippen molar-refractivity contribution in [2.24, 2.45) is 5.92 Å². The lowest BCUT2D eigenvalue weighted by Crippen LogP contribution is -2.14. The van der Waals surface area contributed by atoms with Gasteiger partial charge in [-0.15, -0.1) is 0 Å². The first-order chi connectivity index (χ1) is 7.81. The lowest BCUT2D eigenvalue weighted by Gasteiger charge is -2.03. The van der Waals surface area contributed by atoms with Crippen molar-refractivity contribution in [3.63, 3.8) is 0 Å². The maximum Gasteiger partial charge on any atom is 0.320 e. The van der Waals surface area contributed by atoms with E-state index < -0.39 is 0 Å². The summed E-state index contributed by atoms with van der Waals surface area (Å²) in [5.41, 5.74) is 0.926. The van der Waals surface area contributed by atoms with Crippen LogP contribution in [-0.2, 0) is 14.3 Å². The predicted molar refractivity (Wildman–Crippen MR) is 60.5 cm³/mol. The molecule has 0 spiro atoms. The molecule has 1 aliphatic rings. The minimum absolute atomic E-state index is 0.229. The second-order valence-corrected chi connectivity index (χ2v) is 3.58. The molecular formula is C13H14O3. The number of hydrogen-bond donors (Lipinski definition) is 0. The van der Waals surface area contributed by atoms with Gasteiger partial charge in [-0.1, -0.05) is 30.3 Å². The molecule has 2 rings (SSSR count). The highest BCUT2D eigenvalue weighted by Gasteiger charge is 2.27. The van der Waals surface area contributed by atoms with Gasteiger partial charge in [-0.2, -0.15) is 0 Å². The Morgan fingerprint density at radius 3 is 2.75 bits per heavy atom. The molecule has 1 unspecified atom stereocenters. The number of benzene rings is 1. The van der Waals surface area contributed by atoms with E-state index in [2.05, 4.69) is 0 Å². The molecule has 0 radical (unpaired) electrons. The van der Waals surface area contributed by atoms with Crippen LogP contribution >= 0.6 is 0 Å². The number of esters is 1. The first kappa shape index (κ1) is 10.9. The molecule has 0 aromatic heterocycles. The van der Waals surface area contributed by atoms with E-state index in [4.69, 9.17) is 9.47 Å². The smallest absolute Gasteiger partial charge is 0.320 e. The lowest BCUT2D eigenvalue weighted by atomic mass is 10.1. The third-order valence-corrected chi connectivity index (χ3v) is 2.43. The monoisotopic (exact) mass is 218 g/mol. The fraction of sp³-hybridized carbons (Fsp3) is 0.308. The Bertz CT molecular complexity index is 395. The van der Waals surface area contributed by atoms with Crippen LogP contribution < -0.4 is 0 Å². The number of rotatable bonds is 4. The summed E-state index contributed by atoms with van der Waals surface area (Å²) in [6.45, 7) is 2.91. The van der Waals surface area contributed by atoms with Gasteiger partial charge in [-0.05, 0) is 13.0 Å². The summed E-state index contributed by atoms with van der Waals surface area (Å²) in [6.07, 6.45) is 1.83. The summed E-state index contributed by atoms with van der Waals surface area (Å²) in [5, 5.41) is 0. The molecule has 16 heavy (non-hydrogen) atoms. The highest BCUT2D eigenvalue weighted by atomic mass is 16.5. The standard InChI is InChI=1S/C13H14O3/c1-2-15-9-11-8-12(16-13(11)14)10-6-4-3-5-7-10/h3-8,11H,2,9H2,1H3. The third kappa shape index (κ3) is 2.31. The van der Waals surface area contributed by atoms with Gasteiger partial charge in [-0.25, -0.2) is 0 Å². The zero-order valence-corrected chi connectivity index (χ0v) is 9.18. The van der Waals surface area contributed by atoms with Crippen LogP contribution in [-0.4, -0.2) is 19.2 Å². The predicted octanol–water partition coefficient (Wildman–Crippen LogP) is 2.24. The zero-order valence-electron chi connectivity index (χ0n) is 9.18. The average molecular weight is 218 g/mol. The van der Waals surface area contributed by atoms with Crippen molar-refractivity contribution in [2.75, 3.05) is 13.2 Å². The lowest BCUT2D eigenvalue weighted by molar-refractivity contribution is -0.139. The van der Waals surface area contributed by atoms with Crippen LogP contribution in [0.4, 0.5) is 0 Å². The summed E-state index contributed by atoms with van der Waals surface area (Å²) in [5.74, 6) is 0.137. The van der Waals surface area contributed by atoms with Crippen LogP contribution in [0.3, 0.4) is 0 Å². The molecule has 84 valence electrons. The quantitative estimate of drug-likeness (QED) is 0.727. The van der Waals surface area contributed by atoms with Gasteiger partial charge in [0.05, 0.1) is 6.61 Å². The summed E-state index contributed by atoms with van der Waals surface area (Å²) in [7, 11) is 0. The molecule has 1 aliphatic heterocycles. The molecule has 0 aliphatic carbocycles. The van der Waals surface area contributed by atoms with Crippen molar-refractivity contribution < 1.29 is 14.3 Å². The van der Waals surface area contributed by atoms with Gasteiger partial charge in [0.25, 0.3) is 0 Å². The molecule has 0 bridgehead atoms. The topological polar surface area (TPSA) is 35.5 Å². The van der Waals surface area contributed by atoms with Crippen LogP contribution in [0.5, 0.6) is 0 Å². The number of carbonyl (C=O) groups excluding carboxylic acids is 1. The van der Waals surface area contributed by atoms with Crippen LogP contribution in [0, 0.1) is 5.92 Å². The molecule has 3 nitrogen and oxygen atoms in total. The minimum Gasteiger partial charge on any atom is -0.426 e. The molecule has 0 saturated heterocycles. The Kier molecular flexibility index (Phi) is 3.37. The Balaban J connectivity index is 2.10. The first-order valence-electron chi connectivity index (χ1n) is 5.38. The van der Waals surface area contributed by atoms with Gasteiger partial charge in [0.1, 0.15) is 11.7 Å². The summed E-state index contributed by atoms with van der Waals surface area (Å²) < 4.78 is 10.4. The Morgan fingerprint density at radius 1 is 1.31 bits per heavy atom. The van der Waals surface area contributed by atoms with Crippen molar-refractivity contribution in [1.82, 2.24) is 0 Å². The van der Waals surface area contributed by atoms with E-state index in [-0.39, 0.29) is 11.9 Å². The molecule has 1 aromatic carbocycles. The van der Waals surface area contributed by atoms with Gasteiger partial charge in [0.2, 0.25) is 0 Å². The normalized spacial score (nSPS) is 19.4. The van der Waals surface area contributed by atoms with Crippen LogP contribution in [0.15, 0.2) is 36.4 Å². The van der Waals surface area contributed by atoms with E-state index >= 15 is 0 Å². The molecule has 0 saturated carbocycles. The number of cyclic esters (lactones) is 1. The Morgan fingerprint density at radius 2 is 2.06 bits per heavy atom. The number of ether oxygens (including phenoxy) is 2. The molecule has 0 amide bonds. The van der Waals surface area contributed by atoms with Crippen LogP contribution in [0.25, 0.3) is 5.76 Å². The maximum atomic E-state index is 11.5. The van der Waals surface area contributed by atoms with Crippen LogP contribution in [0.1, 0.15) is 12.5 Å². The first-order valence-corrected chi connectivity index (χ1v) is 5.38. The molecule has 1 atom stereocenters. The van der Waals surface area contributed by atoms with Gasteiger partial charge in [-0.3, -0.25) is 4.79 Å². The second-order valence-electron chi connectivity index (χ2n) is 3.58. The Hall–Kier alpha value is -1.61. The fourth-order valence-corrected chi connectivity index (χ4v) is 1.59. The molecule has 1 heterocycles. The van der Waals surface area contributed by atoms with E-state index in [1.165, 1.54) is 0 Å². The number of carbonyl (C=O) groups is 1. The number of hydrogen-bond acceptors (Lipinski definition) is 3. The van der Waals surface area contributed by atoms with E-state index in [1.807, 2.05) is 43.3 Å². The van der Waals surface area contributed by atoms with E-state index in [0.717, 1.165) is 5.56 Å². The molecule has 0 fully saturated rings. The van der Waals surface area contributed by atoms with Crippen molar-refractivity contribution >= 4 is 11.7 Å². The van der Waals surface area contributed by atoms with Gasteiger partial charge < -0.3 is 9.47 Å². The van der Waals surface area contributed by atoms with Crippen molar-refractivity contribution in [2.45, 2.75) is 6.92 Å². The zero-order chi connectivity index (χ0) is 11.4. The highest BCUT2D eigenvalue weighted by molar-refractivity contribution is 5.87. The van der Waals surface area contributed by atoms with E-state index in [0.29, 0.717) is 19.0 Å². The SMILES string of the molecule is CCOCC1C=C(c2ccccc2)OC1=O. The largest absolute Gasteiger partial charge is 0.426 e. The van der Waals surface area contributed by atoms with Crippen molar-refractivity contribution in [3.05, 3.63) is 42.0 Å².